The Morgan fingerprint density at radius 1 is 1.00 bits per heavy atom. The molecule has 32 heavy (non-hydrogen) atoms. The second-order valence-electron chi connectivity index (χ2n) is 6.01. The number of nitrogens with two attached hydrogens (primary N) is 1. The molecule has 0 aliphatic heterocycles. The lowest BCUT2D eigenvalue weighted by atomic mass is 10.3. The predicted molar refractivity (Wildman–Crippen MR) is 127 cm³/mol. The Hall–Kier alpha value is -3.05. The number of hydrogen-bond donors (Lipinski definition) is 3. The predicted octanol–water partition coefficient (Wildman–Crippen LogP) is 3.34. The summed E-state index contributed by atoms with van der Waals surface area (Å²) in [6, 6.07) is 15.7. The molecule has 0 saturated carbocycles. The van der Waals surface area contributed by atoms with Crippen molar-refractivity contribution in [3.8, 4) is 11.5 Å². The number of hydrogen-bond acceptors (Lipinski definition) is 8. The Labute approximate surface area is 198 Å². The lowest BCUT2D eigenvalue weighted by molar-refractivity contribution is -0.132. The SMILES string of the molecule is COc1ccc(S(=O)(=O)Nc2cccnc2Nc2ccc(OC(=O)CN)cc2)cc1.Cl.Cl. The maximum absolute atomic E-state index is 12.7. The number of carbonyl (C=O) groups excluding carboxylic acids is 1. The molecule has 0 fully saturated rings. The molecular weight excluding hydrogens is 479 g/mol. The highest BCUT2D eigenvalue weighted by molar-refractivity contribution is 7.92. The molecule has 0 amide bonds. The summed E-state index contributed by atoms with van der Waals surface area (Å²) in [6.07, 6.45) is 1.53. The van der Waals surface area contributed by atoms with Crippen LogP contribution in [-0.2, 0) is 14.8 Å². The molecule has 1 aromatic heterocycles. The Bertz CT molecular complexity index is 1130. The number of sulfonamides is 1. The van der Waals surface area contributed by atoms with Gasteiger partial charge in [-0.1, -0.05) is 0 Å². The topological polar surface area (TPSA) is 133 Å². The van der Waals surface area contributed by atoms with E-state index < -0.39 is 16.0 Å². The van der Waals surface area contributed by atoms with Crippen molar-refractivity contribution >= 4 is 58.0 Å². The van der Waals surface area contributed by atoms with Gasteiger partial charge in [0, 0.05) is 11.9 Å². The van der Waals surface area contributed by atoms with Gasteiger partial charge < -0.3 is 20.5 Å². The van der Waals surface area contributed by atoms with Crippen molar-refractivity contribution < 1.29 is 22.7 Å². The molecule has 4 N–H and O–H groups in total. The zero-order valence-corrected chi connectivity index (χ0v) is 19.3. The lowest BCUT2D eigenvalue weighted by Gasteiger charge is -2.14. The molecule has 172 valence electrons. The summed E-state index contributed by atoms with van der Waals surface area (Å²) in [4.78, 5) is 15.5. The second kappa shape index (κ2) is 12.1. The van der Waals surface area contributed by atoms with E-state index in [0.29, 0.717) is 23.0 Å². The molecule has 2 aromatic carbocycles. The third kappa shape index (κ3) is 6.99. The monoisotopic (exact) mass is 500 g/mol. The summed E-state index contributed by atoms with van der Waals surface area (Å²) in [6.45, 7) is -0.217. The first kappa shape index (κ1) is 27.0. The molecule has 3 rings (SSSR count). The van der Waals surface area contributed by atoms with Gasteiger partial charge in [-0.25, -0.2) is 13.4 Å². The normalized spacial score (nSPS) is 10.2. The fourth-order valence-corrected chi connectivity index (χ4v) is 3.53. The molecule has 0 aliphatic carbocycles. The van der Waals surface area contributed by atoms with Gasteiger partial charge in [0.05, 0.1) is 24.2 Å². The smallest absolute Gasteiger partial charge is 0.325 e. The van der Waals surface area contributed by atoms with Gasteiger partial charge in [0.1, 0.15) is 11.5 Å². The minimum atomic E-state index is -3.83. The number of rotatable bonds is 8. The van der Waals surface area contributed by atoms with Gasteiger partial charge in [-0.15, -0.1) is 24.8 Å². The van der Waals surface area contributed by atoms with Crippen molar-refractivity contribution in [3.05, 3.63) is 66.9 Å². The Morgan fingerprint density at radius 2 is 1.62 bits per heavy atom. The van der Waals surface area contributed by atoms with E-state index >= 15 is 0 Å². The summed E-state index contributed by atoms with van der Waals surface area (Å²) in [5, 5.41) is 3.04. The molecule has 0 spiro atoms. The first-order valence-electron chi connectivity index (χ1n) is 8.81. The number of esters is 1. The van der Waals surface area contributed by atoms with Gasteiger partial charge in [-0.3, -0.25) is 9.52 Å². The van der Waals surface area contributed by atoms with Crippen molar-refractivity contribution in [2.75, 3.05) is 23.7 Å². The first-order valence-corrected chi connectivity index (χ1v) is 10.3. The van der Waals surface area contributed by atoms with Crippen LogP contribution in [0, 0.1) is 0 Å². The minimum Gasteiger partial charge on any atom is -0.497 e. The lowest BCUT2D eigenvalue weighted by Crippen LogP contribution is -2.19. The third-order valence-electron chi connectivity index (χ3n) is 3.94. The van der Waals surface area contributed by atoms with Crippen molar-refractivity contribution in [2.24, 2.45) is 5.73 Å². The molecule has 0 unspecified atom stereocenters. The van der Waals surface area contributed by atoms with Gasteiger partial charge in [0.2, 0.25) is 0 Å². The van der Waals surface area contributed by atoms with Gasteiger partial charge in [0.25, 0.3) is 10.0 Å². The number of methoxy groups -OCH3 is 1. The van der Waals surface area contributed by atoms with Crippen LogP contribution in [0.5, 0.6) is 11.5 Å². The Balaban J connectivity index is 0.00000256. The van der Waals surface area contributed by atoms with Gasteiger partial charge in [0.15, 0.2) is 5.82 Å². The van der Waals surface area contributed by atoms with E-state index in [0.717, 1.165) is 0 Å². The van der Waals surface area contributed by atoms with Crippen LogP contribution in [0.3, 0.4) is 0 Å². The molecule has 12 heteroatoms. The number of aromatic nitrogens is 1. The molecule has 9 nitrogen and oxygen atoms in total. The summed E-state index contributed by atoms with van der Waals surface area (Å²) in [5.41, 5.74) is 6.11. The van der Waals surface area contributed by atoms with Crippen LogP contribution in [0.1, 0.15) is 0 Å². The molecule has 3 aromatic rings. The maximum Gasteiger partial charge on any atom is 0.325 e. The summed E-state index contributed by atoms with van der Waals surface area (Å²) in [7, 11) is -2.33. The molecule has 1 heterocycles. The standard InChI is InChI=1S/C20H20N4O5S.2ClH/c1-28-15-8-10-17(11-9-15)30(26,27)24-18-3-2-12-22-20(18)23-14-4-6-16(7-5-14)29-19(25)13-21;;/h2-12,24H,13,21H2,1H3,(H,22,23);2*1H. The van der Waals surface area contributed by atoms with Crippen LogP contribution in [0.25, 0.3) is 0 Å². The molecule has 0 bridgehead atoms. The molecule has 0 saturated heterocycles. The number of halogens is 2. The number of anilines is 3. The Kier molecular flexibility index (Phi) is 10.2. The fourth-order valence-electron chi connectivity index (χ4n) is 2.46. The van der Waals surface area contributed by atoms with E-state index in [9.17, 15) is 13.2 Å². The maximum atomic E-state index is 12.7. The highest BCUT2D eigenvalue weighted by Gasteiger charge is 2.17. The number of benzene rings is 2. The fraction of sp³-hybridized carbons (Fsp3) is 0.100. The highest BCUT2D eigenvalue weighted by Crippen LogP contribution is 2.27. The van der Waals surface area contributed by atoms with Crippen molar-refractivity contribution in [1.82, 2.24) is 4.98 Å². The van der Waals surface area contributed by atoms with Crippen LogP contribution in [-0.4, -0.2) is 33.0 Å². The number of nitrogens with zero attached hydrogens (tertiary/aromatic N) is 1. The average Bonchev–Trinajstić information content (AvgIpc) is 2.76. The van der Waals surface area contributed by atoms with E-state index in [4.69, 9.17) is 15.2 Å². The number of ether oxygens (including phenoxy) is 2. The number of nitrogens with one attached hydrogen (secondary N) is 2. The van der Waals surface area contributed by atoms with Gasteiger partial charge >= 0.3 is 5.97 Å². The van der Waals surface area contributed by atoms with Crippen LogP contribution < -0.4 is 25.2 Å². The molecule has 0 aliphatic rings. The second-order valence-corrected chi connectivity index (χ2v) is 7.69. The van der Waals surface area contributed by atoms with Crippen LogP contribution in [0.4, 0.5) is 17.2 Å². The third-order valence-corrected chi connectivity index (χ3v) is 5.32. The highest BCUT2D eigenvalue weighted by atomic mass is 35.5. The number of carbonyl (C=O) groups is 1. The van der Waals surface area contributed by atoms with Gasteiger partial charge in [-0.2, -0.15) is 0 Å². The van der Waals surface area contributed by atoms with Crippen molar-refractivity contribution in [2.45, 2.75) is 4.90 Å². The van der Waals surface area contributed by atoms with E-state index in [-0.39, 0.29) is 41.9 Å². The van der Waals surface area contributed by atoms with Crippen molar-refractivity contribution in [1.29, 1.82) is 0 Å². The number of pyridine rings is 1. The molecule has 0 radical (unpaired) electrons. The van der Waals surface area contributed by atoms with Crippen LogP contribution >= 0.6 is 24.8 Å². The van der Waals surface area contributed by atoms with Crippen LogP contribution in [0.2, 0.25) is 0 Å². The zero-order chi connectivity index (χ0) is 21.6. The van der Waals surface area contributed by atoms with E-state index in [1.165, 1.54) is 25.4 Å². The summed E-state index contributed by atoms with van der Waals surface area (Å²) in [5.74, 6) is 0.660. The zero-order valence-electron chi connectivity index (χ0n) is 16.8. The molecular formula is C20H22Cl2N4O5S. The minimum absolute atomic E-state index is 0. The van der Waals surface area contributed by atoms with E-state index in [1.807, 2.05) is 0 Å². The van der Waals surface area contributed by atoms with Gasteiger partial charge in [-0.05, 0) is 60.7 Å². The van der Waals surface area contributed by atoms with E-state index in [1.54, 1.807) is 48.5 Å². The first-order chi connectivity index (χ1) is 14.4. The summed E-state index contributed by atoms with van der Waals surface area (Å²) < 4.78 is 38.0. The largest absolute Gasteiger partial charge is 0.497 e. The van der Waals surface area contributed by atoms with E-state index in [2.05, 4.69) is 15.0 Å². The quantitative estimate of drug-likeness (QED) is 0.316. The Morgan fingerprint density at radius 3 is 2.22 bits per heavy atom. The molecule has 0 atom stereocenters. The van der Waals surface area contributed by atoms with Crippen molar-refractivity contribution in [3.63, 3.8) is 0 Å². The van der Waals surface area contributed by atoms with Crippen LogP contribution in [0.15, 0.2) is 71.8 Å². The summed E-state index contributed by atoms with van der Waals surface area (Å²) >= 11 is 0. The average molecular weight is 501 g/mol.